The summed E-state index contributed by atoms with van der Waals surface area (Å²) in [6.07, 6.45) is 12.2. The Kier molecular flexibility index (Phi) is 5.88. The van der Waals surface area contributed by atoms with Crippen molar-refractivity contribution < 1.29 is 9.90 Å². The topological polar surface area (TPSA) is 74.5 Å². The molecular weight excluding hydrogens is 342 g/mol. The summed E-state index contributed by atoms with van der Waals surface area (Å²) in [5.74, 6) is 0.286. The molecule has 27 heavy (non-hydrogen) atoms. The smallest absolute Gasteiger partial charge is 0.226 e. The molecule has 0 unspecified atom stereocenters. The number of carbonyl (C=O) groups is 1. The van der Waals surface area contributed by atoms with E-state index in [1.807, 2.05) is 15.8 Å². The molecule has 2 aliphatic heterocycles. The SMILES string of the molecule is O=C(CC1=CCCCC1)N1CCC(n2cc(CN3CC[C@H](O)C3)nn2)CC1. The molecule has 2 saturated heterocycles. The van der Waals surface area contributed by atoms with Crippen LogP contribution in [0.4, 0.5) is 0 Å². The van der Waals surface area contributed by atoms with Crippen LogP contribution in [-0.4, -0.2) is 68.1 Å². The first-order valence-electron chi connectivity index (χ1n) is 10.4. The van der Waals surface area contributed by atoms with E-state index in [1.54, 1.807) is 0 Å². The van der Waals surface area contributed by atoms with Gasteiger partial charge < -0.3 is 10.0 Å². The van der Waals surface area contributed by atoms with E-state index >= 15 is 0 Å². The van der Waals surface area contributed by atoms with Gasteiger partial charge in [0, 0.05) is 39.1 Å². The summed E-state index contributed by atoms with van der Waals surface area (Å²) in [4.78, 5) is 16.8. The molecule has 0 aromatic carbocycles. The van der Waals surface area contributed by atoms with E-state index in [4.69, 9.17) is 0 Å². The standard InChI is InChI=1S/C20H31N5O2/c26-19-8-9-23(15-19)13-17-14-25(22-21-17)18-6-10-24(11-7-18)20(27)12-16-4-2-1-3-5-16/h4,14,18-19,26H,1-3,5-13,15H2/t19-/m0/s1. The second kappa shape index (κ2) is 8.52. The Bertz CT molecular complexity index is 678. The van der Waals surface area contributed by atoms with E-state index in [9.17, 15) is 9.90 Å². The van der Waals surface area contributed by atoms with Crippen molar-refractivity contribution in [2.45, 2.75) is 70.1 Å². The van der Waals surface area contributed by atoms with E-state index < -0.39 is 0 Å². The number of aromatic nitrogens is 3. The molecule has 2 fully saturated rings. The van der Waals surface area contributed by atoms with Gasteiger partial charge in [-0.2, -0.15) is 0 Å². The van der Waals surface area contributed by atoms with Crippen LogP contribution in [0.25, 0.3) is 0 Å². The molecule has 1 amide bonds. The number of rotatable bonds is 5. The van der Waals surface area contributed by atoms with Gasteiger partial charge in [0.1, 0.15) is 0 Å². The highest BCUT2D eigenvalue weighted by molar-refractivity contribution is 5.78. The highest BCUT2D eigenvalue weighted by Crippen LogP contribution is 2.25. The predicted molar refractivity (Wildman–Crippen MR) is 102 cm³/mol. The third-order valence-electron chi connectivity index (χ3n) is 6.15. The number of β-amino-alcohol motifs (C(OH)–C–C–N with tert-alkyl or cyclic N) is 1. The van der Waals surface area contributed by atoms with Crippen molar-refractivity contribution in [3.8, 4) is 0 Å². The molecule has 0 saturated carbocycles. The molecule has 1 aromatic heterocycles. The van der Waals surface area contributed by atoms with Crippen LogP contribution in [0, 0.1) is 0 Å². The molecule has 148 valence electrons. The number of allylic oxidation sites excluding steroid dienone is 1. The maximum absolute atomic E-state index is 12.6. The van der Waals surface area contributed by atoms with Gasteiger partial charge >= 0.3 is 0 Å². The zero-order valence-electron chi connectivity index (χ0n) is 16.1. The van der Waals surface area contributed by atoms with Crippen molar-refractivity contribution in [1.29, 1.82) is 0 Å². The van der Waals surface area contributed by atoms with Gasteiger partial charge in [0.05, 0.1) is 24.0 Å². The van der Waals surface area contributed by atoms with Gasteiger partial charge in [0.25, 0.3) is 0 Å². The highest BCUT2D eigenvalue weighted by Gasteiger charge is 2.26. The molecule has 0 spiro atoms. The van der Waals surface area contributed by atoms with E-state index in [1.165, 1.54) is 18.4 Å². The van der Waals surface area contributed by atoms with Crippen molar-refractivity contribution in [3.63, 3.8) is 0 Å². The maximum atomic E-state index is 12.6. The molecule has 0 radical (unpaired) electrons. The van der Waals surface area contributed by atoms with Crippen LogP contribution in [0.1, 0.15) is 63.1 Å². The summed E-state index contributed by atoms with van der Waals surface area (Å²) in [6, 6.07) is 0.327. The number of likely N-dealkylation sites (tertiary alicyclic amines) is 2. The molecule has 1 N–H and O–H groups in total. The lowest BCUT2D eigenvalue weighted by atomic mass is 9.96. The lowest BCUT2D eigenvalue weighted by Gasteiger charge is -2.32. The van der Waals surface area contributed by atoms with Crippen LogP contribution in [0.5, 0.6) is 0 Å². The summed E-state index contributed by atoms with van der Waals surface area (Å²) in [6.45, 7) is 4.02. The normalized spacial score (nSPS) is 25.0. The molecule has 7 heteroatoms. The minimum absolute atomic E-state index is 0.203. The zero-order valence-corrected chi connectivity index (χ0v) is 16.1. The maximum Gasteiger partial charge on any atom is 0.226 e. The van der Waals surface area contributed by atoms with Gasteiger partial charge in [-0.15, -0.1) is 5.10 Å². The number of hydrogen-bond donors (Lipinski definition) is 1. The van der Waals surface area contributed by atoms with E-state index in [-0.39, 0.29) is 12.0 Å². The van der Waals surface area contributed by atoms with Crippen LogP contribution in [0.2, 0.25) is 0 Å². The Morgan fingerprint density at radius 2 is 2.04 bits per heavy atom. The second-order valence-corrected chi connectivity index (χ2v) is 8.26. The summed E-state index contributed by atoms with van der Waals surface area (Å²) >= 11 is 0. The lowest BCUT2D eigenvalue weighted by molar-refractivity contribution is -0.131. The predicted octanol–water partition coefficient (Wildman–Crippen LogP) is 1.90. The first-order valence-corrected chi connectivity index (χ1v) is 10.4. The summed E-state index contributed by atoms with van der Waals surface area (Å²) in [7, 11) is 0. The third-order valence-corrected chi connectivity index (χ3v) is 6.15. The van der Waals surface area contributed by atoms with Crippen molar-refractivity contribution in [2.75, 3.05) is 26.2 Å². The van der Waals surface area contributed by atoms with Crippen LogP contribution >= 0.6 is 0 Å². The summed E-state index contributed by atoms with van der Waals surface area (Å²) in [5.41, 5.74) is 2.30. The molecule has 1 aromatic rings. The van der Waals surface area contributed by atoms with Crippen molar-refractivity contribution in [3.05, 3.63) is 23.5 Å². The van der Waals surface area contributed by atoms with Crippen LogP contribution in [-0.2, 0) is 11.3 Å². The average Bonchev–Trinajstić information content (AvgIpc) is 3.32. The Balaban J connectivity index is 1.25. The minimum Gasteiger partial charge on any atom is -0.392 e. The number of hydrogen-bond acceptors (Lipinski definition) is 5. The van der Waals surface area contributed by atoms with Gasteiger partial charge in [-0.25, -0.2) is 4.68 Å². The number of aliphatic hydroxyl groups excluding tert-OH is 1. The minimum atomic E-state index is -0.203. The Morgan fingerprint density at radius 3 is 2.74 bits per heavy atom. The summed E-state index contributed by atoms with van der Waals surface area (Å²) < 4.78 is 1.98. The number of nitrogens with zero attached hydrogens (tertiary/aromatic N) is 5. The van der Waals surface area contributed by atoms with Gasteiger partial charge in [-0.05, 0) is 44.9 Å². The fourth-order valence-electron chi connectivity index (χ4n) is 4.50. The third kappa shape index (κ3) is 4.76. The molecule has 4 rings (SSSR count). The van der Waals surface area contributed by atoms with E-state index in [0.717, 1.165) is 70.5 Å². The molecule has 3 heterocycles. The van der Waals surface area contributed by atoms with Gasteiger partial charge in [-0.1, -0.05) is 16.9 Å². The van der Waals surface area contributed by atoms with Gasteiger partial charge in [0.2, 0.25) is 5.91 Å². The van der Waals surface area contributed by atoms with E-state index in [2.05, 4.69) is 21.3 Å². The fraction of sp³-hybridized carbons (Fsp3) is 0.750. The van der Waals surface area contributed by atoms with Crippen LogP contribution < -0.4 is 0 Å². The van der Waals surface area contributed by atoms with Crippen molar-refractivity contribution in [1.82, 2.24) is 24.8 Å². The molecule has 3 aliphatic rings. The van der Waals surface area contributed by atoms with Crippen LogP contribution in [0.15, 0.2) is 17.8 Å². The molecule has 7 nitrogen and oxygen atoms in total. The highest BCUT2D eigenvalue weighted by atomic mass is 16.3. The second-order valence-electron chi connectivity index (χ2n) is 8.26. The average molecular weight is 374 g/mol. The first-order chi connectivity index (χ1) is 13.2. The monoisotopic (exact) mass is 373 g/mol. The molecule has 1 aliphatic carbocycles. The number of piperidine rings is 1. The fourth-order valence-corrected chi connectivity index (χ4v) is 4.50. The Hall–Kier alpha value is -1.73. The molecule has 1 atom stereocenters. The number of carbonyl (C=O) groups excluding carboxylic acids is 1. The van der Waals surface area contributed by atoms with Gasteiger partial charge in [0.15, 0.2) is 0 Å². The number of amides is 1. The largest absolute Gasteiger partial charge is 0.392 e. The van der Waals surface area contributed by atoms with Crippen molar-refractivity contribution in [2.24, 2.45) is 0 Å². The lowest BCUT2D eigenvalue weighted by Crippen LogP contribution is -2.39. The zero-order chi connectivity index (χ0) is 18.6. The first kappa shape index (κ1) is 18.6. The Morgan fingerprint density at radius 1 is 1.19 bits per heavy atom. The quantitative estimate of drug-likeness (QED) is 0.798. The molecular formula is C20H31N5O2. The van der Waals surface area contributed by atoms with Gasteiger partial charge in [-0.3, -0.25) is 9.69 Å². The number of aliphatic hydroxyl groups is 1. The van der Waals surface area contributed by atoms with E-state index in [0.29, 0.717) is 12.5 Å². The Labute approximate surface area is 161 Å². The van der Waals surface area contributed by atoms with Crippen molar-refractivity contribution >= 4 is 5.91 Å². The molecule has 0 bridgehead atoms. The van der Waals surface area contributed by atoms with Crippen LogP contribution in [0.3, 0.4) is 0 Å². The summed E-state index contributed by atoms with van der Waals surface area (Å²) in [5, 5.41) is 18.3.